The Labute approximate surface area is 126 Å². The number of ether oxygens (including phenoxy) is 1. The topological polar surface area (TPSA) is 41.5 Å². The van der Waals surface area contributed by atoms with E-state index in [4.69, 9.17) is 0 Å². The van der Waals surface area contributed by atoms with Gasteiger partial charge in [0.1, 0.15) is 11.6 Å². The highest BCUT2D eigenvalue weighted by atomic mass is 32.2. The number of hydrogen-bond donors (Lipinski definition) is 2. The van der Waals surface area contributed by atoms with Crippen molar-refractivity contribution in [1.82, 2.24) is 5.32 Å². The lowest BCUT2D eigenvalue weighted by molar-refractivity contribution is -0.0508. The van der Waals surface area contributed by atoms with E-state index < -0.39 is 12.4 Å². The molecule has 0 heterocycles. The predicted octanol–water partition coefficient (Wildman–Crippen LogP) is 3.19. The number of benzene rings is 1. The maximum atomic E-state index is 13.2. The van der Waals surface area contributed by atoms with Gasteiger partial charge in [-0.2, -0.15) is 20.5 Å². The molecule has 3 unspecified atom stereocenters. The Bertz CT molecular complexity index is 444. The third-order valence-corrected chi connectivity index (χ3v) is 4.37. The van der Waals surface area contributed by atoms with Crippen molar-refractivity contribution < 1.29 is 23.0 Å². The third-order valence-electron chi connectivity index (χ3n) is 3.21. The number of hydrogen-bond acceptors (Lipinski definition) is 4. The van der Waals surface area contributed by atoms with Crippen LogP contribution in [0.5, 0.6) is 5.75 Å². The molecular weight excluding hydrogens is 303 g/mol. The standard InChI is InChI=1S/C14H20F3NO2S/c1-8(18-9(2)13(7-19)21-3)11-5-4-10(15)6-12(11)20-14(16)17/h4-6,8-9,13-14,18-19H,7H2,1-3H3. The Morgan fingerprint density at radius 1 is 1.33 bits per heavy atom. The van der Waals surface area contributed by atoms with Gasteiger partial charge in [-0.3, -0.25) is 0 Å². The molecule has 1 aromatic rings. The first kappa shape index (κ1) is 18.1. The van der Waals surface area contributed by atoms with Crippen molar-refractivity contribution in [1.29, 1.82) is 0 Å². The van der Waals surface area contributed by atoms with E-state index in [1.54, 1.807) is 6.92 Å². The minimum atomic E-state index is -3.01. The Kier molecular flexibility index (Phi) is 7.34. The molecule has 1 aromatic carbocycles. The van der Waals surface area contributed by atoms with Gasteiger partial charge in [-0.15, -0.1) is 0 Å². The van der Waals surface area contributed by atoms with Gasteiger partial charge in [0, 0.05) is 29.0 Å². The molecule has 0 amide bonds. The second-order valence-corrected chi connectivity index (χ2v) is 5.77. The monoisotopic (exact) mass is 323 g/mol. The summed E-state index contributed by atoms with van der Waals surface area (Å²) in [5.41, 5.74) is 0.446. The normalized spacial score (nSPS) is 15.8. The Morgan fingerprint density at radius 2 is 2.00 bits per heavy atom. The van der Waals surface area contributed by atoms with E-state index in [0.717, 1.165) is 6.07 Å². The summed E-state index contributed by atoms with van der Waals surface area (Å²) in [6, 6.07) is 3.20. The van der Waals surface area contributed by atoms with Gasteiger partial charge < -0.3 is 15.2 Å². The number of alkyl halides is 2. The van der Waals surface area contributed by atoms with Crippen LogP contribution in [-0.4, -0.2) is 35.9 Å². The van der Waals surface area contributed by atoms with Crippen LogP contribution in [0.15, 0.2) is 18.2 Å². The zero-order valence-electron chi connectivity index (χ0n) is 12.1. The van der Waals surface area contributed by atoms with Gasteiger partial charge in [0.15, 0.2) is 0 Å². The molecule has 120 valence electrons. The second-order valence-electron chi connectivity index (χ2n) is 4.69. The SMILES string of the molecule is CSC(CO)C(C)NC(C)c1ccc(F)cc1OC(F)F. The van der Waals surface area contributed by atoms with E-state index in [-0.39, 0.29) is 29.7 Å². The van der Waals surface area contributed by atoms with E-state index >= 15 is 0 Å². The van der Waals surface area contributed by atoms with Crippen molar-refractivity contribution in [3.8, 4) is 5.75 Å². The van der Waals surface area contributed by atoms with Crippen molar-refractivity contribution in [3.05, 3.63) is 29.6 Å². The first-order valence-corrected chi connectivity index (χ1v) is 7.81. The molecule has 1 rings (SSSR count). The minimum Gasteiger partial charge on any atom is -0.434 e. The summed E-state index contributed by atoms with van der Waals surface area (Å²) >= 11 is 1.51. The fourth-order valence-electron chi connectivity index (χ4n) is 2.09. The highest BCUT2D eigenvalue weighted by molar-refractivity contribution is 7.99. The van der Waals surface area contributed by atoms with Gasteiger partial charge in [0.05, 0.1) is 6.61 Å². The van der Waals surface area contributed by atoms with Gasteiger partial charge in [0.2, 0.25) is 0 Å². The van der Waals surface area contributed by atoms with Crippen molar-refractivity contribution in [3.63, 3.8) is 0 Å². The summed E-state index contributed by atoms with van der Waals surface area (Å²) in [4.78, 5) is 0. The van der Waals surface area contributed by atoms with Crippen LogP contribution in [0.3, 0.4) is 0 Å². The van der Waals surface area contributed by atoms with Crippen molar-refractivity contribution in [2.75, 3.05) is 12.9 Å². The van der Waals surface area contributed by atoms with Crippen molar-refractivity contribution in [2.24, 2.45) is 0 Å². The summed E-state index contributed by atoms with van der Waals surface area (Å²) in [6.07, 6.45) is 1.88. The van der Waals surface area contributed by atoms with Crippen LogP contribution >= 0.6 is 11.8 Å². The fraction of sp³-hybridized carbons (Fsp3) is 0.571. The molecule has 21 heavy (non-hydrogen) atoms. The van der Waals surface area contributed by atoms with E-state index in [9.17, 15) is 18.3 Å². The molecule has 7 heteroatoms. The molecule has 0 aromatic heterocycles. The van der Waals surface area contributed by atoms with Crippen molar-refractivity contribution in [2.45, 2.75) is 37.8 Å². The molecule has 0 aliphatic heterocycles. The van der Waals surface area contributed by atoms with E-state index in [1.165, 1.54) is 23.9 Å². The molecule has 0 aliphatic rings. The Morgan fingerprint density at radius 3 is 2.52 bits per heavy atom. The molecule has 0 spiro atoms. The van der Waals surface area contributed by atoms with Gasteiger partial charge >= 0.3 is 6.61 Å². The molecule has 0 fully saturated rings. The molecule has 0 aliphatic carbocycles. The van der Waals surface area contributed by atoms with Crippen LogP contribution < -0.4 is 10.1 Å². The minimum absolute atomic E-state index is 0.00582. The Hall–Kier alpha value is -0.920. The maximum Gasteiger partial charge on any atom is 0.387 e. The maximum absolute atomic E-state index is 13.2. The van der Waals surface area contributed by atoms with E-state index in [2.05, 4.69) is 10.1 Å². The lowest BCUT2D eigenvalue weighted by Gasteiger charge is -2.26. The van der Waals surface area contributed by atoms with E-state index in [0.29, 0.717) is 5.56 Å². The number of aliphatic hydroxyl groups is 1. The lowest BCUT2D eigenvalue weighted by Crippen LogP contribution is -2.39. The molecule has 3 nitrogen and oxygen atoms in total. The van der Waals surface area contributed by atoms with Crippen LogP contribution in [0.25, 0.3) is 0 Å². The molecule has 3 atom stereocenters. The number of thioether (sulfide) groups is 1. The van der Waals surface area contributed by atoms with Crippen LogP contribution in [0, 0.1) is 5.82 Å². The zero-order valence-corrected chi connectivity index (χ0v) is 13.0. The molecule has 0 bridgehead atoms. The van der Waals surface area contributed by atoms with Crippen LogP contribution in [0.1, 0.15) is 25.5 Å². The average molecular weight is 323 g/mol. The van der Waals surface area contributed by atoms with Gasteiger partial charge in [-0.05, 0) is 26.2 Å². The molecule has 0 saturated heterocycles. The summed E-state index contributed by atoms with van der Waals surface area (Å²) in [5.74, 6) is -0.811. The summed E-state index contributed by atoms with van der Waals surface area (Å²) in [6.45, 7) is 0.667. The quantitative estimate of drug-likeness (QED) is 0.771. The van der Waals surface area contributed by atoms with Gasteiger partial charge in [-0.1, -0.05) is 6.07 Å². The molecule has 2 N–H and O–H groups in total. The largest absolute Gasteiger partial charge is 0.434 e. The summed E-state index contributed by atoms with van der Waals surface area (Å²) < 4.78 is 42.3. The lowest BCUT2D eigenvalue weighted by atomic mass is 10.1. The number of nitrogens with one attached hydrogen (secondary N) is 1. The first-order chi connectivity index (χ1) is 9.88. The Balaban J connectivity index is 2.88. The number of rotatable bonds is 8. The smallest absolute Gasteiger partial charge is 0.387 e. The second kappa shape index (κ2) is 8.51. The van der Waals surface area contributed by atoms with Crippen LogP contribution in [0.4, 0.5) is 13.2 Å². The molecule has 0 radical (unpaired) electrons. The van der Waals surface area contributed by atoms with Gasteiger partial charge in [-0.25, -0.2) is 4.39 Å². The fourth-order valence-corrected chi connectivity index (χ4v) is 2.73. The highest BCUT2D eigenvalue weighted by Crippen LogP contribution is 2.28. The highest BCUT2D eigenvalue weighted by Gasteiger charge is 2.21. The summed E-state index contributed by atoms with van der Waals surface area (Å²) in [5, 5.41) is 12.4. The summed E-state index contributed by atoms with van der Waals surface area (Å²) in [7, 11) is 0. The zero-order chi connectivity index (χ0) is 16.0. The van der Waals surface area contributed by atoms with Crippen molar-refractivity contribution >= 4 is 11.8 Å². The molecule has 0 saturated carbocycles. The average Bonchev–Trinajstić information content (AvgIpc) is 2.39. The number of aliphatic hydroxyl groups excluding tert-OH is 1. The van der Waals surface area contributed by atoms with Gasteiger partial charge in [0.25, 0.3) is 0 Å². The predicted molar refractivity (Wildman–Crippen MR) is 78.4 cm³/mol. The third kappa shape index (κ3) is 5.41. The van der Waals surface area contributed by atoms with Crippen LogP contribution in [0.2, 0.25) is 0 Å². The van der Waals surface area contributed by atoms with E-state index in [1.807, 2.05) is 13.2 Å². The first-order valence-electron chi connectivity index (χ1n) is 6.53. The molecular formula is C14H20F3NO2S. The van der Waals surface area contributed by atoms with Crippen LogP contribution in [-0.2, 0) is 0 Å². The number of halogens is 3.